The average molecular weight is 236 g/mol. The number of nitrogen functional groups attached to an aromatic ring is 1. The highest BCUT2D eigenvalue weighted by molar-refractivity contribution is 5.43. The van der Waals surface area contributed by atoms with Crippen molar-refractivity contribution < 1.29 is 4.74 Å². The number of nitrogens with two attached hydrogens (primary N) is 1. The van der Waals surface area contributed by atoms with E-state index < -0.39 is 0 Å². The lowest BCUT2D eigenvalue weighted by Gasteiger charge is -2.25. The molecule has 1 saturated heterocycles. The van der Waals surface area contributed by atoms with Crippen LogP contribution in [0, 0.1) is 6.92 Å². The van der Waals surface area contributed by atoms with Gasteiger partial charge in [0.15, 0.2) is 0 Å². The van der Waals surface area contributed by atoms with E-state index in [2.05, 4.69) is 21.8 Å². The number of aromatic nitrogens is 2. The summed E-state index contributed by atoms with van der Waals surface area (Å²) in [7, 11) is 0. The van der Waals surface area contributed by atoms with Gasteiger partial charge in [-0.1, -0.05) is 0 Å². The van der Waals surface area contributed by atoms with Crippen LogP contribution in [0.4, 0.5) is 11.8 Å². The summed E-state index contributed by atoms with van der Waals surface area (Å²) in [5, 5.41) is 0. The van der Waals surface area contributed by atoms with Gasteiger partial charge in [0.1, 0.15) is 5.82 Å². The second kappa shape index (κ2) is 5.31. The molecule has 5 heteroatoms. The molecule has 0 radical (unpaired) electrons. The summed E-state index contributed by atoms with van der Waals surface area (Å²) in [6.45, 7) is 6.71. The highest BCUT2D eigenvalue weighted by atomic mass is 16.5. The van der Waals surface area contributed by atoms with Crippen molar-refractivity contribution in [3.63, 3.8) is 0 Å². The Labute approximate surface area is 102 Å². The van der Waals surface area contributed by atoms with Gasteiger partial charge in [-0.3, -0.25) is 0 Å². The van der Waals surface area contributed by atoms with Gasteiger partial charge in [0.05, 0.1) is 6.10 Å². The zero-order valence-electron chi connectivity index (χ0n) is 10.5. The lowest BCUT2D eigenvalue weighted by atomic mass is 10.2. The van der Waals surface area contributed by atoms with E-state index in [-0.39, 0.29) is 0 Å². The van der Waals surface area contributed by atoms with Crippen LogP contribution in [0.5, 0.6) is 0 Å². The Balaban J connectivity index is 2.10. The summed E-state index contributed by atoms with van der Waals surface area (Å²) >= 11 is 0. The lowest BCUT2D eigenvalue weighted by molar-refractivity contribution is 0.115. The number of hydrogen-bond acceptors (Lipinski definition) is 5. The summed E-state index contributed by atoms with van der Waals surface area (Å²) in [6, 6.07) is 1.97. The van der Waals surface area contributed by atoms with Crippen LogP contribution in [0.25, 0.3) is 0 Å². The van der Waals surface area contributed by atoms with Gasteiger partial charge in [0.25, 0.3) is 0 Å². The predicted molar refractivity (Wildman–Crippen MR) is 68.0 cm³/mol. The predicted octanol–water partition coefficient (Wildman–Crippen LogP) is 1.37. The van der Waals surface area contributed by atoms with Crippen molar-refractivity contribution in [3.05, 3.63) is 11.8 Å². The van der Waals surface area contributed by atoms with Crippen LogP contribution >= 0.6 is 0 Å². The Hall–Kier alpha value is -1.36. The van der Waals surface area contributed by atoms with Crippen LogP contribution in [0.3, 0.4) is 0 Å². The van der Waals surface area contributed by atoms with Gasteiger partial charge >= 0.3 is 0 Å². The van der Waals surface area contributed by atoms with Crippen molar-refractivity contribution in [2.75, 3.05) is 30.3 Å². The van der Waals surface area contributed by atoms with Crippen LogP contribution in [0.15, 0.2) is 6.07 Å². The molecule has 0 aliphatic carbocycles. The minimum Gasteiger partial charge on any atom is -0.376 e. The molecule has 1 unspecified atom stereocenters. The summed E-state index contributed by atoms with van der Waals surface area (Å²) in [6.07, 6.45) is 2.62. The normalized spacial score (nSPS) is 19.5. The highest BCUT2D eigenvalue weighted by Gasteiger charge is 2.19. The van der Waals surface area contributed by atoms with E-state index in [1.54, 1.807) is 0 Å². The molecule has 1 atom stereocenters. The summed E-state index contributed by atoms with van der Waals surface area (Å²) in [5.41, 5.74) is 6.58. The van der Waals surface area contributed by atoms with Gasteiger partial charge in [-0.05, 0) is 26.7 Å². The first-order valence-corrected chi connectivity index (χ1v) is 6.16. The quantitative estimate of drug-likeness (QED) is 0.855. The number of ether oxygens (including phenoxy) is 1. The first-order chi connectivity index (χ1) is 8.19. The van der Waals surface area contributed by atoms with Gasteiger partial charge in [-0.2, -0.15) is 4.98 Å². The van der Waals surface area contributed by atoms with Crippen molar-refractivity contribution in [1.82, 2.24) is 9.97 Å². The molecular formula is C12H20N4O. The van der Waals surface area contributed by atoms with Gasteiger partial charge in [-0.15, -0.1) is 0 Å². The maximum absolute atomic E-state index is 5.68. The van der Waals surface area contributed by atoms with Gasteiger partial charge < -0.3 is 15.4 Å². The largest absolute Gasteiger partial charge is 0.376 e. The summed E-state index contributed by atoms with van der Waals surface area (Å²) in [5.74, 6) is 1.23. The number of likely N-dealkylation sites (N-methyl/N-ethyl adjacent to an activating group) is 1. The molecule has 0 saturated carbocycles. The average Bonchev–Trinajstić information content (AvgIpc) is 2.77. The van der Waals surface area contributed by atoms with Gasteiger partial charge in [0.2, 0.25) is 5.95 Å². The topological polar surface area (TPSA) is 64.3 Å². The first kappa shape index (κ1) is 12.1. The molecule has 1 aromatic heterocycles. The molecule has 1 aliphatic rings. The van der Waals surface area contributed by atoms with E-state index in [9.17, 15) is 0 Å². The second-order valence-electron chi connectivity index (χ2n) is 4.40. The third kappa shape index (κ3) is 3.06. The van der Waals surface area contributed by atoms with Crippen LogP contribution in [0.1, 0.15) is 25.5 Å². The Morgan fingerprint density at radius 1 is 1.53 bits per heavy atom. The highest BCUT2D eigenvalue weighted by Crippen LogP contribution is 2.18. The zero-order chi connectivity index (χ0) is 12.3. The van der Waals surface area contributed by atoms with Crippen LogP contribution in [-0.2, 0) is 4.74 Å². The molecule has 17 heavy (non-hydrogen) atoms. The number of rotatable bonds is 4. The Morgan fingerprint density at radius 2 is 2.35 bits per heavy atom. The Kier molecular flexibility index (Phi) is 3.78. The fourth-order valence-electron chi connectivity index (χ4n) is 2.16. The van der Waals surface area contributed by atoms with Crippen molar-refractivity contribution >= 4 is 11.8 Å². The van der Waals surface area contributed by atoms with Crippen molar-refractivity contribution in [1.29, 1.82) is 0 Å². The molecule has 1 aliphatic heterocycles. The van der Waals surface area contributed by atoms with Crippen molar-refractivity contribution in [2.24, 2.45) is 0 Å². The first-order valence-electron chi connectivity index (χ1n) is 6.16. The number of anilines is 2. The number of nitrogens with zero attached hydrogens (tertiary/aromatic N) is 3. The molecule has 0 spiro atoms. The SMILES string of the molecule is CCN(CC1CCCO1)c1cc(C)nc(N)n1. The molecule has 2 heterocycles. The van der Waals surface area contributed by atoms with Crippen LogP contribution < -0.4 is 10.6 Å². The smallest absolute Gasteiger partial charge is 0.222 e. The molecular weight excluding hydrogens is 216 g/mol. The van der Waals surface area contributed by atoms with Crippen molar-refractivity contribution in [2.45, 2.75) is 32.8 Å². The van der Waals surface area contributed by atoms with E-state index in [4.69, 9.17) is 10.5 Å². The molecule has 2 rings (SSSR count). The maximum Gasteiger partial charge on any atom is 0.222 e. The summed E-state index contributed by atoms with van der Waals surface area (Å²) < 4.78 is 5.65. The second-order valence-corrected chi connectivity index (χ2v) is 4.40. The third-order valence-corrected chi connectivity index (χ3v) is 3.01. The van der Waals surface area contributed by atoms with E-state index in [0.29, 0.717) is 12.1 Å². The Bertz CT molecular complexity index is 357. The fraction of sp³-hybridized carbons (Fsp3) is 0.667. The lowest BCUT2D eigenvalue weighted by Crippen LogP contribution is -2.32. The summed E-state index contributed by atoms with van der Waals surface area (Å²) in [4.78, 5) is 10.6. The van der Waals surface area contributed by atoms with Crippen molar-refractivity contribution in [3.8, 4) is 0 Å². The molecule has 1 aromatic rings. The van der Waals surface area contributed by atoms with Gasteiger partial charge in [0, 0.05) is 31.5 Å². The molecule has 5 nitrogen and oxygen atoms in total. The standard InChI is InChI=1S/C12H20N4O/c1-3-16(8-10-5-4-6-17-10)11-7-9(2)14-12(13)15-11/h7,10H,3-6,8H2,1-2H3,(H2,13,14,15). The number of hydrogen-bond donors (Lipinski definition) is 1. The molecule has 0 aromatic carbocycles. The van der Waals surface area contributed by atoms with E-state index in [1.165, 1.54) is 0 Å². The third-order valence-electron chi connectivity index (χ3n) is 3.01. The maximum atomic E-state index is 5.68. The number of aryl methyl sites for hydroxylation is 1. The Morgan fingerprint density at radius 3 is 2.94 bits per heavy atom. The minimum atomic E-state index is 0.325. The molecule has 0 amide bonds. The monoisotopic (exact) mass is 236 g/mol. The van der Waals surface area contributed by atoms with Crippen LogP contribution in [0.2, 0.25) is 0 Å². The molecule has 1 fully saturated rings. The van der Waals surface area contributed by atoms with Crippen LogP contribution in [-0.4, -0.2) is 35.8 Å². The zero-order valence-corrected chi connectivity index (χ0v) is 10.5. The molecule has 2 N–H and O–H groups in total. The van der Waals surface area contributed by atoms with E-state index in [1.807, 2.05) is 13.0 Å². The fourth-order valence-corrected chi connectivity index (χ4v) is 2.16. The molecule has 94 valence electrons. The van der Waals surface area contributed by atoms with E-state index >= 15 is 0 Å². The minimum absolute atomic E-state index is 0.325. The van der Waals surface area contributed by atoms with Gasteiger partial charge in [-0.25, -0.2) is 4.98 Å². The van der Waals surface area contributed by atoms with E-state index in [0.717, 1.165) is 44.0 Å². The molecule has 0 bridgehead atoms.